The number of aromatic nitrogens is 4. The van der Waals surface area contributed by atoms with Crippen LogP contribution in [0.15, 0.2) is 22.3 Å². The number of rotatable bonds is 3. The molecule has 0 radical (unpaired) electrons. The molecule has 0 saturated carbocycles. The maximum absolute atomic E-state index is 12.4. The van der Waals surface area contributed by atoms with E-state index in [2.05, 4.69) is 10.4 Å². The van der Waals surface area contributed by atoms with Crippen LogP contribution >= 0.6 is 11.3 Å². The highest BCUT2D eigenvalue weighted by Crippen LogP contribution is 2.25. The van der Waals surface area contributed by atoms with Crippen LogP contribution in [-0.4, -0.2) is 49.9 Å². The summed E-state index contributed by atoms with van der Waals surface area (Å²) >= 11 is 1.26. The molecule has 1 saturated heterocycles. The second kappa shape index (κ2) is 5.23. The fraction of sp³-hybridized carbons (Fsp3) is 0.455. The smallest absolute Gasteiger partial charge is 0.332 e. The van der Waals surface area contributed by atoms with Crippen molar-refractivity contribution in [1.82, 2.24) is 24.7 Å². The Hall–Kier alpha value is -2.17. The Bertz CT molecular complexity index is 736. The third-order valence-electron chi connectivity index (χ3n) is 3.25. The van der Waals surface area contributed by atoms with Gasteiger partial charge in [0.15, 0.2) is 0 Å². The molecule has 3 heterocycles. The Balaban J connectivity index is 1.84. The zero-order valence-electron chi connectivity index (χ0n) is 11.0. The summed E-state index contributed by atoms with van der Waals surface area (Å²) in [5.74, 6) is -0.766. The van der Waals surface area contributed by atoms with Crippen molar-refractivity contribution in [1.29, 1.82) is 0 Å². The average molecular weight is 333 g/mol. The van der Waals surface area contributed by atoms with E-state index in [1.165, 1.54) is 11.3 Å². The van der Waals surface area contributed by atoms with Crippen LogP contribution < -0.4 is 5.69 Å². The summed E-state index contributed by atoms with van der Waals surface area (Å²) in [5.41, 5.74) is -0.644. The van der Waals surface area contributed by atoms with Crippen molar-refractivity contribution in [2.75, 3.05) is 13.1 Å². The van der Waals surface area contributed by atoms with Crippen LogP contribution in [0.4, 0.5) is 13.2 Å². The average Bonchev–Trinajstić information content (AvgIpc) is 3.11. The largest absolute Gasteiger partial charge is 0.406 e. The lowest BCUT2D eigenvalue weighted by Crippen LogP contribution is -2.38. The lowest BCUT2D eigenvalue weighted by molar-refractivity contribution is -0.158. The molecular formula is C11H10F3N5O2S. The highest BCUT2D eigenvalue weighted by molar-refractivity contribution is 7.12. The molecule has 0 N–H and O–H groups in total. The van der Waals surface area contributed by atoms with Gasteiger partial charge in [0.05, 0.1) is 0 Å². The van der Waals surface area contributed by atoms with Gasteiger partial charge in [-0.1, -0.05) is 0 Å². The quantitative estimate of drug-likeness (QED) is 0.834. The molecule has 1 amide bonds. The first-order valence-corrected chi connectivity index (χ1v) is 7.19. The topological polar surface area (TPSA) is 73.0 Å². The first kappa shape index (κ1) is 14.8. The Kier molecular flexibility index (Phi) is 3.51. The van der Waals surface area contributed by atoms with Crippen molar-refractivity contribution in [3.05, 3.63) is 28.0 Å². The van der Waals surface area contributed by atoms with Gasteiger partial charge in [0.1, 0.15) is 17.6 Å². The second-order valence-corrected chi connectivity index (χ2v) is 5.67. The predicted octanol–water partition coefficient (Wildman–Crippen LogP) is 0.826. The lowest BCUT2D eigenvalue weighted by Gasteiger charge is -2.17. The normalized spacial score (nSPS) is 19.1. The molecule has 7 nitrogen and oxygen atoms in total. The minimum absolute atomic E-state index is 0.0681. The summed E-state index contributed by atoms with van der Waals surface area (Å²) in [6, 6.07) is 2.33. The van der Waals surface area contributed by atoms with E-state index in [0.29, 0.717) is 9.90 Å². The summed E-state index contributed by atoms with van der Waals surface area (Å²) in [7, 11) is 0. The van der Waals surface area contributed by atoms with Crippen molar-refractivity contribution in [2.24, 2.45) is 0 Å². The van der Waals surface area contributed by atoms with Gasteiger partial charge in [-0.3, -0.25) is 4.79 Å². The molecule has 0 spiro atoms. The van der Waals surface area contributed by atoms with Crippen LogP contribution in [-0.2, 0) is 4.79 Å². The van der Waals surface area contributed by atoms with E-state index in [4.69, 9.17) is 0 Å². The van der Waals surface area contributed by atoms with Gasteiger partial charge in [0.2, 0.25) is 5.91 Å². The van der Waals surface area contributed by atoms with Crippen molar-refractivity contribution in [3.63, 3.8) is 0 Å². The molecule has 11 heteroatoms. The summed E-state index contributed by atoms with van der Waals surface area (Å²) in [5, 5.41) is 9.57. The Morgan fingerprint density at radius 2 is 2.09 bits per heavy atom. The molecule has 2 aromatic heterocycles. The predicted molar refractivity (Wildman–Crippen MR) is 69.8 cm³/mol. The first-order valence-electron chi connectivity index (χ1n) is 6.31. The Labute approximate surface area is 125 Å². The summed E-state index contributed by atoms with van der Waals surface area (Å²) in [6.07, 6.45) is -4.37. The number of carbonyl (C=O) groups is 1. The molecule has 1 unspecified atom stereocenters. The molecule has 118 valence electrons. The molecule has 1 atom stereocenters. The number of nitrogens with zero attached hydrogens (tertiary/aromatic N) is 5. The van der Waals surface area contributed by atoms with E-state index in [9.17, 15) is 22.8 Å². The van der Waals surface area contributed by atoms with E-state index < -0.39 is 30.4 Å². The SMILES string of the molecule is O=C1C(n2nnn(-c3cccs3)c2=O)CCN1CC(F)(F)F. The van der Waals surface area contributed by atoms with Gasteiger partial charge in [-0.05, 0) is 34.4 Å². The maximum atomic E-state index is 12.4. The number of hydrogen-bond acceptors (Lipinski definition) is 5. The van der Waals surface area contributed by atoms with Gasteiger partial charge in [-0.25, -0.2) is 4.79 Å². The van der Waals surface area contributed by atoms with Crippen LogP contribution in [0, 0.1) is 0 Å². The van der Waals surface area contributed by atoms with Crippen LogP contribution in [0.1, 0.15) is 12.5 Å². The summed E-state index contributed by atoms with van der Waals surface area (Å²) in [4.78, 5) is 24.9. The Morgan fingerprint density at radius 3 is 2.73 bits per heavy atom. The molecule has 2 aromatic rings. The molecule has 1 aliphatic rings. The van der Waals surface area contributed by atoms with Crippen LogP contribution in [0.25, 0.3) is 5.00 Å². The van der Waals surface area contributed by atoms with Gasteiger partial charge in [0, 0.05) is 6.54 Å². The zero-order valence-corrected chi connectivity index (χ0v) is 11.8. The highest BCUT2D eigenvalue weighted by atomic mass is 32.1. The van der Waals surface area contributed by atoms with Crippen molar-refractivity contribution in [2.45, 2.75) is 18.6 Å². The highest BCUT2D eigenvalue weighted by Gasteiger charge is 2.41. The number of hydrogen-bond donors (Lipinski definition) is 0. The number of likely N-dealkylation sites (tertiary alicyclic amines) is 1. The maximum Gasteiger partial charge on any atom is 0.406 e. The molecule has 1 aliphatic heterocycles. The van der Waals surface area contributed by atoms with Crippen molar-refractivity contribution in [3.8, 4) is 5.00 Å². The van der Waals surface area contributed by atoms with Crippen LogP contribution in [0.5, 0.6) is 0 Å². The van der Waals surface area contributed by atoms with Gasteiger partial charge >= 0.3 is 11.9 Å². The van der Waals surface area contributed by atoms with E-state index in [-0.39, 0.29) is 13.0 Å². The number of carbonyl (C=O) groups excluding carboxylic acids is 1. The molecule has 0 aromatic carbocycles. The molecule has 1 fully saturated rings. The standard InChI is InChI=1S/C11H10F3N5O2S/c12-11(13,14)6-17-4-3-7(9(17)20)18-10(21)19(16-15-18)8-2-1-5-22-8/h1-2,5,7H,3-4,6H2. The number of tetrazole rings is 1. The third-order valence-corrected chi connectivity index (χ3v) is 4.10. The molecule has 3 rings (SSSR count). The third kappa shape index (κ3) is 2.63. The fourth-order valence-corrected chi connectivity index (χ4v) is 2.97. The minimum Gasteiger partial charge on any atom is -0.332 e. The zero-order chi connectivity index (χ0) is 15.9. The van der Waals surface area contributed by atoms with Gasteiger partial charge < -0.3 is 4.90 Å². The second-order valence-electron chi connectivity index (χ2n) is 4.75. The van der Waals surface area contributed by atoms with Crippen molar-refractivity contribution < 1.29 is 18.0 Å². The molecule has 0 bridgehead atoms. The minimum atomic E-state index is -4.47. The number of amides is 1. The Morgan fingerprint density at radius 1 is 1.32 bits per heavy atom. The molecular weight excluding hydrogens is 323 g/mol. The molecule has 0 aliphatic carbocycles. The van der Waals surface area contributed by atoms with E-state index >= 15 is 0 Å². The van der Waals surface area contributed by atoms with E-state index in [1.807, 2.05) is 0 Å². The van der Waals surface area contributed by atoms with Gasteiger partial charge in [-0.2, -0.15) is 22.5 Å². The van der Waals surface area contributed by atoms with Gasteiger partial charge in [-0.15, -0.1) is 11.3 Å². The lowest BCUT2D eigenvalue weighted by atomic mass is 10.2. The number of alkyl halides is 3. The van der Waals surface area contributed by atoms with Crippen molar-refractivity contribution >= 4 is 17.2 Å². The first-order chi connectivity index (χ1) is 10.4. The number of thiophene rings is 1. The monoisotopic (exact) mass is 333 g/mol. The van der Waals surface area contributed by atoms with E-state index in [1.54, 1.807) is 17.5 Å². The summed E-state index contributed by atoms with van der Waals surface area (Å²) < 4.78 is 39.0. The number of halogens is 3. The van der Waals surface area contributed by atoms with Crippen LogP contribution in [0.3, 0.4) is 0 Å². The van der Waals surface area contributed by atoms with E-state index in [0.717, 1.165) is 9.36 Å². The fourth-order valence-electron chi connectivity index (χ4n) is 2.30. The van der Waals surface area contributed by atoms with Gasteiger partial charge in [0.25, 0.3) is 0 Å². The summed E-state index contributed by atoms with van der Waals surface area (Å²) in [6.45, 7) is -1.39. The van der Waals surface area contributed by atoms with Crippen LogP contribution in [0.2, 0.25) is 0 Å². The molecule has 22 heavy (non-hydrogen) atoms.